The summed E-state index contributed by atoms with van der Waals surface area (Å²) >= 11 is 0. The second-order valence-electron chi connectivity index (χ2n) is 5.90. The molecule has 2 rings (SSSR count). The zero-order valence-electron chi connectivity index (χ0n) is 12.7. The van der Waals surface area contributed by atoms with Crippen molar-refractivity contribution in [2.24, 2.45) is 5.41 Å². The number of alkyl halides is 3. The fourth-order valence-electron chi connectivity index (χ4n) is 2.43. The molecule has 0 radical (unpaired) electrons. The van der Waals surface area contributed by atoms with Crippen LogP contribution in [-0.4, -0.2) is 30.2 Å². The lowest BCUT2D eigenvalue weighted by molar-refractivity contribution is -0.191. The van der Waals surface area contributed by atoms with Crippen LogP contribution in [0.15, 0.2) is 24.3 Å². The van der Waals surface area contributed by atoms with Crippen molar-refractivity contribution in [3.05, 3.63) is 29.8 Å². The molecule has 1 atom stereocenters. The number of rotatable bonds is 4. The maximum atomic E-state index is 13.5. The van der Waals surface area contributed by atoms with Crippen molar-refractivity contribution < 1.29 is 22.7 Å². The van der Waals surface area contributed by atoms with Gasteiger partial charge in [-0.1, -0.05) is 12.1 Å². The monoisotopic (exact) mass is 316 g/mol. The molecule has 1 fully saturated rings. The lowest BCUT2D eigenvalue weighted by Gasteiger charge is -2.29. The molecule has 1 aromatic carbocycles. The Morgan fingerprint density at radius 3 is 2.32 bits per heavy atom. The van der Waals surface area contributed by atoms with Gasteiger partial charge in [-0.2, -0.15) is 13.2 Å². The number of benzene rings is 1. The van der Waals surface area contributed by atoms with E-state index in [0.29, 0.717) is 12.4 Å². The summed E-state index contributed by atoms with van der Waals surface area (Å²) in [6.07, 6.45) is -4.50. The van der Waals surface area contributed by atoms with Crippen molar-refractivity contribution in [3.63, 3.8) is 0 Å². The second-order valence-corrected chi connectivity index (χ2v) is 5.90. The average Bonchev–Trinajstić information content (AvgIpc) is 2.64. The molecule has 1 heterocycles. The zero-order valence-corrected chi connectivity index (χ0v) is 12.7. The fourth-order valence-corrected chi connectivity index (χ4v) is 2.43. The molecule has 122 valence electrons. The Bertz CT molecular complexity index is 541. The highest BCUT2D eigenvalue weighted by Crippen LogP contribution is 2.40. The molecule has 1 aliphatic heterocycles. The maximum absolute atomic E-state index is 13.5. The first-order valence-electron chi connectivity index (χ1n) is 7.02. The first-order valence-corrected chi connectivity index (χ1v) is 7.02. The van der Waals surface area contributed by atoms with E-state index in [0.717, 1.165) is 5.01 Å². The maximum Gasteiger partial charge on any atom is 0.409 e. The van der Waals surface area contributed by atoms with Crippen LogP contribution in [-0.2, 0) is 4.79 Å². The van der Waals surface area contributed by atoms with E-state index in [1.54, 1.807) is 20.8 Å². The Kier molecular flexibility index (Phi) is 4.37. The second kappa shape index (κ2) is 5.79. The van der Waals surface area contributed by atoms with Gasteiger partial charge >= 0.3 is 6.18 Å². The fraction of sp³-hybridized carbons (Fsp3) is 0.533. The van der Waals surface area contributed by atoms with Crippen LogP contribution in [0.1, 0.15) is 32.4 Å². The number of nitrogens with one attached hydrogen (secondary N) is 1. The zero-order chi connectivity index (χ0) is 16.5. The smallest absolute Gasteiger partial charge is 0.409 e. The molecule has 0 bridgehead atoms. The van der Waals surface area contributed by atoms with Gasteiger partial charge in [0.25, 0.3) is 0 Å². The van der Waals surface area contributed by atoms with Gasteiger partial charge in [-0.3, -0.25) is 10.2 Å². The van der Waals surface area contributed by atoms with Crippen LogP contribution in [0.3, 0.4) is 0 Å². The highest BCUT2D eigenvalue weighted by molar-refractivity contribution is 5.83. The Balaban J connectivity index is 2.30. The minimum Gasteiger partial charge on any atom is -0.494 e. The van der Waals surface area contributed by atoms with E-state index in [4.69, 9.17) is 4.74 Å². The van der Waals surface area contributed by atoms with E-state index in [-0.39, 0.29) is 12.1 Å². The van der Waals surface area contributed by atoms with E-state index in [1.165, 1.54) is 24.3 Å². The van der Waals surface area contributed by atoms with Crippen molar-refractivity contribution >= 4 is 5.91 Å². The number of halogens is 3. The third-order valence-corrected chi connectivity index (χ3v) is 3.55. The van der Waals surface area contributed by atoms with Gasteiger partial charge in [0.15, 0.2) is 0 Å². The van der Waals surface area contributed by atoms with Crippen LogP contribution >= 0.6 is 0 Å². The van der Waals surface area contributed by atoms with Gasteiger partial charge in [-0.05, 0) is 38.5 Å². The van der Waals surface area contributed by atoms with Crippen LogP contribution in [0.25, 0.3) is 0 Å². The number of nitrogens with zero attached hydrogens (tertiary/aromatic N) is 1. The SMILES string of the molecule is CCOc1ccc([C@H](N2CC(C)(C)C(=O)N2)C(F)(F)F)cc1. The third-order valence-electron chi connectivity index (χ3n) is 3.55. The lowest BCUT2D eigenvalue weighted by Crippen LogP contribution is -2.43. The summed E-state index contributed by atoms with van der Waals surface area (Å²) in [7, 11) is 0. The Hall–Kier alpha value is -1.76. The van der Waals surface area contributed by atoms with Crippen molar-refractivity contribution in [1.82, 2.24) is 10.4 Å². The molecule has 1 N–H and O–H groups in total. The first kappa shape index (κ1) is 16.6. The van der Waals surface area contributed by atoms with Crippen LogP contribution in [0.4, 0.5) is 13.2 Å². The summed E-state index contributed by atoms with van der Waals surface area (Å²) in [5.74, 6) is 0.102. The molecule has 1 aliphatic rings. The lowest BCUT2D eigenvalue weighted by atomic mass is 9.93. The van der Waals surface area contributed by atoms with Gasteiger partial charge in [-0.15, -0.1) is 0 Å². The molecule has 1 amide bonds. The Morgan fingerprint density at radius 1 is 1.32 bits per heavy atom. The molecule has 1 saturated heterocycles. The van der Waals surface area contributed by atoms with Gasteiger partial charge in [0.05, 0.1) is 12.0 Å². The predicted octanol–water partition coefficient (Wildman–Crippen LogP) is 3.06. The molecule has 0 spiro atoms. The number of amides is 1. The summed E-state index contributed by atoms with van der Waals surface area (Å²) in [5.41, 5.74) is 1.54. The Labute approximate surface area is 127 Å². The van der Waals surface area contributed by atoms with Crippen molar-refractivity contribution in [2.75, 3.05) is 13.2 Å². The molecule has 4 nitrogen and oxygen atoms in total. The van der Waals surface area contributed by atoms with Gasteiger partial charge in [-0.25, -0.2) is 5.01 Å². The molecule has 0 aromatic heterocycles. The van der Waals surface area contributed by atoms with Crippen molar-refractivity contribution in [2.45, 2.75) is 33.0 Å². The molecule has 0 unspecified atom stereocenters. The van der Waals surface area contributed by atoms with E-state index >= 15 is 0 Å². The predicted molar refractivity (Wildman–Crippen MR) is 75.0 cm³/mol. The van der Waals surface area contributed by atoms with E-state index in [9.17, 15) is 18.0 Å². The number of carbonyl (C=O) groups is 1. The number of hydrogen-bond acceptors (Lipinski definition) is 3. The number of carbonyl (C=O) groups excluding carboxylic acids is 1. The first-order chi connectivity index (χ1) is 10.1. The van der Waals surface area contributed by atoms with E-state index < -0.39 is 23.5 Å². The summed E-state index contributed by atoms with van der Waals surface area (Å²) in [4.78, 5) is 11.8. The van der Waals surface area contributed by atoms with Crippen LogP contribution in [0, 0.1) is 5.41 Å². The van der Waals surface area contributed by atoms with E-state index in [2.05, 4.69) is 5.43 Å². The third kappa shape index (κ3) is 3.35. The van der Waals surface area contributed by atoms with E-state index in [1.807, 2.05) is 0 Å². The quantitative estimate of drug-likeness (QED) is 0.928. The summed E-state index contributed by atoms with van der Waals surface area (Å²) < 4.78 is 45.6. The highest BCUT2D eigenvalue weighted by Gasteiger charge is 2.51. The molecular weight excluding hydrogens is 297 g/mol. The van der Waals surface area contributed by atoms with Crippen molar-refractivity contribution in [1.29, 1.82) is 0 Å². The molecule has 0 aliphatic carbocycles. The molecule has 7 heteroatoms. The number of hydrogen-bond donors (Lipinski definition) is 1. The van der Waals surface area contributed by atoms with Gasteiger partial charge in [0, 0.05) is 6.54 Å². The highest BCUT2D eigenvalue weighted by atomic mass is 19.4. The normalized spacial score (nSPS) is 19.8. The average molecular weight is 316 g/mol. The van der Waals surface area contributed by atoms with Crippen LogP contribution in [0.2, 0.25) is 0 Å². The molecule has 1 aromatic rings. The van der Waals surface area contributed by atoms with Gasteiger partial charge in [0.2, 0.25) is 5.91 Å². The van der Waals surface area contributed by atoms with Crippen LogP contribution in [0.5, 0.6) is 5.75 Å². The van der Waals surface area contributed by atoms with Gasteiger partial charge < -0.3 is 4.74 Å². The summed E-state index contributed by atoms with van der Waals surface area (Å²) in [6, 6.07) is 3.87. The topological polar surface area (TPSA) is 41.6 Å². The standard InChI is InChI=1S/C15H19F3N2O2/c1-4-22-11-7-5-10(6-8-11)12(15(16,17)18)20-9-14(2,3)13(21)19-20/h5-8,12H,4,9H2,1-3H3,(H,19,21)/t12-/m0/s1. The molecule has 0 saturated carbocycles. The summed E-state index contributed by atoms with van der Waals surface area (Å²) in [6.45, 7) is 5.47. The molecule has 22 heavy (non-hydrogen) atoms. The molecular formula is C15H19F3N2O2. The van der Waals surface area contributed by atoms with Crippen molar-refractivity contribution in [3.8, 4) is 5.75 Å². The van der Waals surface area contributed by atoms with Gasteiger partial charge in [0.1, 0.15) is 11.8 Å². The number of ether oxygens (including phenoxy) is 1. The minimum atomic E-state index is -4.50. The minimum absolute atomic E-state index is 0.0107. The van der Waals surface area contributed by atoms with Crippen LogP contribution < -0.4 is 10.2 Å². The Morgan fingerprint density at radius 2 is 1.91 bits per heavy atom. The largest absolute Gasteiger partial charge is 0.494 e. The number of hydrazine groups is 1. The summed E-state index contributed by atoms with van der Waals surface area (Å²) in [5, 5.41) is 0.956.